The number of aliphatic hydroxyl groups excluding tert-OH is 4. The summed E-state index contributed by atoms with van der Waals surface area (Å²) in [6.45, 7) is 4.21. The van der Waals surface area contributed by atoms with E-state index in [0.29, 0.717) is 32.4 Å². The second-order valence-corrected chi connectivity index (χ2v) is 10.0. The highest BCUT2D eigenvalue weighted by molar-refractivity contribution is 5.92. The number of nitrogens with one attached hydrogen (secondary N) is 2. The smallest absolute Gasteiger partial charge is 0.273 e. The molecule has 2 fully saturated rings. The lowest BCUT2D eigenvalue weighted by molar-refractivity contribution is -0.309. The van der Waals surface area contributed by atoms with Crippen LogP contribution in [0.25, 0.3) is 0 Å². The molecule has 0 aromatic carbocycles. The van der Waals surface area contributed by atoms with Crippen LogP contribution in [0.3, 0.4) is 0 Å². The van der Waals surface area contributed by atoms with E-state index in [4.69, 9.17) is 9.47 Å². The Bertz CT molecular complexity index is 1130. The van der Waals surface area contributed by atoms with Gasteiger partial charge in [-0.25, -0.2) is 9.36 Å². The molecule has 2 aliphatic rings. The normalized spacial score (nSPS) is 30.6. The van der Waals surface area contributed by atoms with Crippen molar-refractivity contribution >= 4 is 11.8 Å². The van der Waals surface area contributed by atoms with Gasteiger partial charge in [0.25, 0.3) is 11.8 Å². The predicted octanol–water partition coefficient (Wildman–Crippen LogP) is -1.70. The number of nitrogens with zero attached hydrogens (tertiary/aromatic N) is 6. The van der Waals surface area contributed by atoms with Gasteiger partial charge in [-0.3, -0.25) is 9.59 Å². The van der Waals surface area contributed by atoms with Crippen LogP contribution in [-0.4, -0.2) is 119 Å². The number of aliphatic hydroxyl groups is 4. The standard InChI is InChI=1S/C24H38N8O8/c1-3-8-25-22(37)13-10-31(29-27-13)15-6-5-7-16(19(15)34)39-24-21(36)18(20(35)17(12-33)40-24)32-11-14(28-30-32)23(38)26-9-4-2/h10-11,15-21,24,33-36H,3-9,12H2,1-2H3,(H,25,37)(H,26,38)/t15-,16+,17+,18-,19+,20-,21+,24+/m0/s1. The number of hydrogen-bond acceptors (Lipinski definition) is 12. The number of carbonyl (C=O) groups is 2. The van der Waals surface area contributed by atoms with Crippen LogP contribution in [0.4, 0.5) is 0 Å². The molecule has 222 valence electrons. The molecular formula is C24H38N8O8. The first kappa shape index (κ1) is 30.0. The van der Waals surface area contributed by atoms with Gasteiger partial charge < -0.3 is 40.5 Å². The van der Waals surface area contributed by atoms with E-state index < -0.39 is 61.4 Å². The SMILES string of the molecule is CCCNC(=O)c1cn([C@H]2[C@@H](O)[C@@H](CO)O[C@@H](O[C@@H]3CCC[C@H](n4cc(C(=O)NCCC)nn4)[C@H]3O)[C@@H]2O)nn1. The molecule has 1 saturated heterocycles. The molecule has 0 bridgehead atoms. The lowest BCUT2D eigenvalue weighted by Gasteiger charge is -2.44. The third-order valence-corrected chi connectivity index (χ3v) is 7.12. The molecule has 0 radical (unpaired) electrons. The van der Waals surface area contributed by atoms with Crippen molar-refractivity contribution in [3.8, 4) is 0 Å². The molecule has 0 spiro atoms. The molecule has 3 heterocycles. The van der Waals surface area contributed by atoms with Crippen molar-refractivity contribution in [2.24, 2.45) is 0 Å². The first-order valence-corrected chi connectivity index (χ1v) is 13.6. The Morgan fingerprint density at radius 1 is 0.950 bits per heavy atom. The fraction of sp³-hybridized carbons (Fsp3) is 0.750. The highest BCUT2D eigenvalue weighted by Gasteiger charge is 2.48. The molecule has 4 rings (SSSR count). The largest absolute Gasteiger partial charge is 0.394 e. The Balaban J connectivity index is 1.47. The Kier molecular flexibility index (Phi) is 10.2. The summed E-state index contributed by atoms with van der Waals surface area (Å²) >= 11 is 0. The van der Waals surface area contributed by atoms with Gasteiger partial charge in [-0.2, -0.15) is 0 Å². The van der Waals surface area contributed by atoms with Crippen molar-refractivity contribution in [2.75, 3.05) is 19.7 Å². The molecular weight excluding hydrogens is 528 g/mol. The van der Waals surface area contributed by atoms with Gasteiger partial charge in [0.2, 0.25) is 0 Å². The summed E-state index contributed by atoms with van der Waals surface area (Å²) in [6, 6.07) is -1.71. The Morgan fingerprint density at radius 2 is 1.55 bits per heavy atom. The quantitative estimate of drug-likeness (QED) is 0.179. The van der Waals surface area contributed by atoms with Gasteiger partial charge >= 0.3 is 0 Å². The van der Waals surface area contributed by atoms with Crippen LogP contribution < -0.4 is 10.6 Å². The van der Waals surface area contributed by atoms with E-state index in [1.807, 2.05) is 13.8 Å². The molecule has 40 heavy (non-hydrogen) atoms. The van der Waals surface area contributed by atoms with E-state index in [1.54, 1.807) is 0 Å². The van der Waals surface area contributed by atoms with Crippen LogP contribution in [0, 0.1) is 0 Å². The van der Waals surface area contributed by atoms with Crippen molar-refractivity contribution in [3.05, 3.63) is 23.8 Å². The first-order valence-electron chi connectivity index (χ1n) is 13.6. The fourth-order valence-electron chi connectivity index (χ4n) is 4.95. The van der Waals surface area contributed by atoms with Gasteiger partial charge in [-0.15, -0.1) is 10.2 Å². The van der Waals surface area contributed by atoms with E-state index in [9.17, 15) is 30.0 Å². The van der Waals surface area contributed by atoms with Gasteiger partial charge in [-0.1, -0.05) is 24.3 Å². The summed E-state index contributed by atoms with van der Waals surface area (Å²) in [4.78, 5) is 24.5. The molecule has 2 aromatic rings. The van der Waals surface area contributed by atoms with Crippen LogP contribution >= 0.6 is 0 Å². The third kappa shape index (κ3) is 6.47. The second-order valence-electron chi connectivity index (χ2n) is 10.0. The summed E-state index contributed by atoms with van der Waals surface area (Å²) in [5.41, 5.74) is 0.131. The van der Waals surface area contributed by atoms with E-state index in [-0.39, 0.29) is 17.3 Å². The van der Waals surface area contributed by atoms with Gasteiger partial charge in [0.15, 0.2) is 17.7 Å². The Hall–Kier alpha value is -3.02. The summed E-state index contributed by atoms with van der Waals surface area (Å²) in [5, 5.41) is 64.1. The van der Waals surface area contributed by atoms with E-state index >= 15 is 0 Å². The van der Waals surface area contributed by atoms with Crippen LogP contribution in [0.5, 0.6) is 0 Å². The zero-order valence-electron chi connectivity index (χ0n) is 22.5. The third-order valence-electron chi connectivity index (χ3n) is 7.12. The van der Waals surface area contributed by atoms with Gasteiger partial charge in [0.1, 0.15) is 30.5 Å². The number of rotatable bonds is 11. The lowest BCUT2D eigenvalue weighted by atomic mass is 9.89. The highest BCUT2D eigenvalue weighted by Crippen LogP contribution is 2.35. The van der Waals surface area contributed by atoms with E-state index in [2.05, 4.69) is 31.3 Å². The minimum absolute atomic E-state index is 0.00141. The number of aromatic nitrogens is 6. The van der Waals surface area contributed by atoms with Crippen molar-refractivity contribution < 1.29 is 39.5 Å². The summed E-state index contributed by atoms with van der Waals surface area (Å²) in [6.07, 6.45) is -1.37. The molecule has 8 atom stereocenters. The maximum absolute atomic E-state index is 12.3. The maximum Gasteiger partial charge on any atom is 0.273 e. The highest BCUT2D eigenvalue weighted by atomic mass is 16.7. The summed E-state index contributed by atoms with van der Waals surface area (Å²) in [5.74, 6) is -0.810. The average molecular weight is 567 g/mol. The molecule has 2 aromatic heterocycles. The van der Waals surface area contributed by atoms with Crippen LogP contribution in [0.15, 0.2) is 12.4 Å². The average Bonchev–Trinajstić information content (AvgIpc) is 3.64. The van der Waals surface area contributed by atoms with Crippen LogP contribution in [-0.2, 0) is 9.47 Å². The van der Waals surface area contributed by atoms with Gasteiger partial charge in [-0.05, 0) is 32.1 Å². The van der Waals surface area contributed by atoms with Crippen molar-refractivity contribution in [2.45, 2.75) is 94.8 Å². The second kappa shape index (κ2) is 13.6. The molecule has 6 N–H and O–H groups in total. The fourth-order valence-corrected chi connectivity index (χ4v) is 4.95. The lowest BCUT2D eigenvalue weighted by Crippen LogP contribution is -2.58. The van der Waals surface area contributed by atoms with Crippen LogP contribution in [0.1, 0.15) is 79.0 Å². The number of ether oxygens (including phenoxy) is 2. The first-order chi connectivity index (χ1) is 19.3. The Morgan fingerprint density at radius 3 is 2.15 bits per heavy atom. The van der Waals surface area contributed by atoms with Crippen molar-refractivity contribution in [1.29, 1.82) is 0 Å². The van der Waals surface area contributed by atoms with E-state index in [0.717, 1.165) is 17.5 Å². The van der Waals surface area contributed by atoms with E-state index in [1.165, 1.54) is 17.1 Å². The molecule has 1 aliphatic carbocycles. The van der Waals surface area contributed by atoms with Gasteiger partial charge in [0, 0.05) is 13.1 Å². The van der Waals surface area contributed by atoms with Crippen molar-refractivity contribution in [3.63, 3.8) is 0 Å². The van der Waals surface area contributed by atoms with Crippen molar-refractivity contribution in [1.82, 2.24) is 40.6 Å². The summed E-state index contributed by atoms with van der Waals surface area (Å²) < 4.78 is 14.3. The summed E-state index contributed by atoms with van der Waals surface area (Å²) in [7, 11) is 0. The minimum atomic E-state index is -1.49. The molecule has 16 heteroatoms. The number of carbonyl (C=O) groups excluding carboxylic acids is 2. The number of hydrogen-bond donors (Lipinski definition) is 6. The zero-order valence-corrected chi connectivity index (χ0v) is 22.5. The number of amides is 2. The Labute approximate surface area is 230 Å². The molecule has 1 saturated carbocycles. The molecule has 2 amide bonds. The molecule has 0 unspecified atom stereocenters. The van der Waals surface area contributed by atoms with Crippen LogP contribution in [0.2, 0.25) is 0 Å². The molecule has 1 aliphatic heterocycles. The van der Waals surface area contributed by atoms with Gasteiger partial charge in [0.05, 0.1) is 31.1 Å². The monoisotopic (exact) mass is 566 g/mol. The molecule has 16 nitrogen and oxygen atoms in total. The maximum atomic E-state index is 12.3. The topological polar surface area (TPSA) is 219 Å². The predicted molar refractivity (Wildman–Crippen MR) is 136 cm³/mol. The minimum Gasteiger partial charge on any atom is -0.394 e. The zero-order chi connectivity index (χ0) is 28.8.